The number of hydrogen-bond acceptors (Lipinski definition) is 3. The zero-order chi connectivity index (χ0) is 16.7. The zero-order valence-electron chi connectivity index (χ0n) is 13.9. The first-order valence-corrected chi connectivity index (χ1v) is 8.70. The van der Waals surface area contributed by atoms with E-state index in [0.717, 1.165) is 24.0 Å². The van der Waals surface area contributed by atoms with E-state index < -0.39 is 5.79 Å². The minimum atomic E-state index is -0.501. The van der Waals surface area contributed by atoms with Crippen molar-refractivity contribution >= 4 is 6.03 Å². The van der Waals surface area contributed by atoms with E-state index in [0.29, 0.717) is 32.5 Å². The highest BCUT2D eigenvalue weighted by molar-refractivity contribution is 5.75. The normalized spacial score (nSPS) is 28.2. The molecule has 3 aliphatic rings. The fourth-order valence-corrected chi connectivity index (χ4v) is 3.98. The molecular formula is C18H23FN2O3. The molecule has 6 heteroatoms. The van der Waals surface area contributed by atoms with Gasteiger partial charge in [-0.15, -0.1) is 0 Å². The van der Waals surface area contributed by atoms with Crippen LogP contribution in [0.3, 0.4) is 0 Å². The lowest BCUT2D eigenvalue weighted by Crippen LogP contribution is -2.50. The van der Waals surface area contributed by atoms with E-state index in [1.807, 2.05) is 13.0 Å². The summed E-state index contributed by atoms with van der Waals surface area (Å²) in [6.45, 7) is 3.85. The number of likely N-dealkylation sites (tertiary alicyclic amines) is 1. The van der Waals surface area contributed by atoms with Gasteiger partial charge in [-0.25, -0.2) is 9.18 Å². The quantitative estimate of drug-likeness (QED) is 0.859. The molecule has 5 nitrogen and oxygen atoms in total. The van der Waals surface area contributed by atoms with Crippen LogP contribution < -0.4 is 5.32 Å². The van der Waals surface area contributed by atoms with Gasteiger partial charge in [-0.3, -0.25) is 0 Å². The van der Waals surface area contributed by atoms with Crippen LogP contribution in [0.1, 0.15) is 43.4 Å². The van der Waals surface area contributed by atoms with Crippen molar-refractivity contribution in [2.24, 2.45) is 0 Å². The number of carbonyl (C=O) groups excluding carboxylic acids is 1. The molecule has 2 atom stereocenters. The molecule has 2 saturated heterocycles. The first-order chi connectivity index (χ1) is 11.5. The average molecular weight is 334 g/mol. The van der Waals surface area contributed by atoms with Crippen molar-refractivity contribution in [1.29, 1.82) is 0 Å². The fourth-order valence-electron chi connectivity index (χ4n) is 3.98. The van der Waals surface area contributed by atoms with Crippen molar-refractivity contribution in [3.8, 4) is 0 Å². The summed E-state index contributed by atoms with van der Waals surface area (Å²) < 4.78 is 25.2. The standard InChI is InChI=1S/C18H23FN2O3/c1-12-11-23-18(24-12)6-8-21(9-7-18)17(22)20-16-5-3-13-2-4-14(19)10-15(13)16/h2,4,10,12,16H,3,5-9,11H2,1H3,(H,20,22)/t12-,16-/m0/s1. The minimum Gasteiger partial charge on any atom is -0.347 e. The van der Waals surface area contributed by atoms with E-state index in [2.05, 4.69) is 5.32 Å². The number of nitrogens with one attached hydrogen (secondary N) is 1. The maximum Gasteiger partial charge on any atom is 0.317 e. The van der Waals surface area contributed by atoms with Crippen LogP contribution in [0.25, 0.3) is 0 Å². The molecule has 0 radical (unpaired) electrons. The molecule has 1 spiro atoms. The molecule has 130 valence electrons. The Labute approximate surface area is 141 Å². The second kappa shape index (κ2) is 6.01. The van der Waals surface area contributed by atoms with Gasteiger partial charge in [-0.05, 0) is 43.0 Å². The van der Waals surface area contributed by atoms with Crippen molar-refractivity contribution in [2.45, 2.75) is 50.5 Å². The Morgan fingerprint density at radius 2 is 2.17 bits per heavy atom. The predicted molar refractivity (Wildman–Crippen MR) is 86.0 cm³/mol. The van der Waals surface area contributed by atoms with Gasteiger partial charge in [0.25, 0.3) is 0 Å². The van der Waals surface area contributed by atoms with Gasteiger partial charge in [-0.2, -0.15) is 0 Å². The Kier molecular flexibility index (Phi) is 3.96. The van der Waals surface area contributed by atoms with E-state index in [9.17, 15) is 9.18 Å². The Morgan fingerprint density at radius 1 is 1.38 bits per heavy atom. The molecule has 1 N–H and O–H groups in total. The summed E-state index contributed by atoms with van der Waals surface area (Å²) in [5.74, 6) is -0.751. The summed E-state index contributed by atoms with van der Waals surface area (Å²) in [6.07, 6.45) is 3.21. The van der Waals surface area contributed by atoms with Crippen molar-refractivity contribution in [3.63, 3.8) is 0 Å². The van der Waals surface area contributed by atoms with Gasteiger partial charge < -0.3 is 19.7 Å². The van der Waals surface area contributed by atoms with Gasteiger partial charge in [0.05, 0.1) is 18.8 Å². The van der Waals surface area contributed by atoms with E-state index in [1.54, 1.807) is 11.0 Å². The third-order valence-electron chi connectivity index (χ3n) is 5.29. The third kappa shape index (κ3) is 2.89. The second-order valence-electron chi connectivity index (χ2n) is 7.02. The number of aryl methyl sites for hydroxylation is 1. The number of nitrogens with zero attached hydrogens (tertiary/aromatic N) is 1. The second-order valence-corrected chi connectivity index (χ2v) is 7.02. The minimum absolute atomic E-state index is 0.0852. The number of rotatable bonds is 1. The molecule has 1 aliphatic carbocycles. The average Bonchev–Trinajstić information content (AvgIpc) is 3.12. The summed E-state index contributed by atoms with van der Waals surface area (Å²) in [5, 5.41) is 3.06. The summed E-state index contributed by atoms with van der Waals surface area (Å²) in [7, 11) is 0. The largest absolute Gasteiger partial charge is 0.347 e. The van der Waals surface area contributed by atoms with Crippen molar-refractivity contribution < 1.29 is 18.7 Å². The summed E-state index contributed by atoms with van der Waals surface area (Å²) >= 11 is 0. The number of urea groups is 1. The fraction of sp³-hybridized carbons (Fsp3) is 0.611. The van der Waals surface area contributed by atoms with Crippen LogP contribution in [-0.2, 0) is 15.9 Å². The summed E-state index contributed by atoms with van der Waals surface area (Å²) in [4.78, 5) is 14.4. The number of benzene rings is 1. The van der Waals surface area contributed by atoms with Gasteiger partial charge in [0, 0.05) is 25.9 Å². The zero-order valence-corrected chi connectivity index (χ0v) is 13.9. The highest BCUT2D eigenvalue weighted by atomic mass is 19.1. The highest BCUT2D eigenvalue weighted by Crippen LogP contribution is 2.35. The number of amides is 2. The number of hydrogen-bond donors (Lipinski definition) is 1. The molecular weight excluding hydrogens is 311 g/mol. The number of fused-ring (bicyclic) bond motifs is 1. The van der Waals surface area contributed by atoms with Crippen LogP contribution in [0.2, 0.25) is 0 Å². The van der Waals surface area contributed by atoms with Crippen LogP contribution in [0.15, 0.2) is 18.2 Å². The lowest BCUT2D eigenvalue weighted by molar-refractivity contribution is -0.189. The van der Waals surface area contributed by atoms with Crippen LogP contribution in [-0.4, -0.2) is 42.5 Å². The van der Waals surface area contributed by atoms with E-state index in [1.165, 1.54) is 6.07 Å². The van der Waals surface area contributed by atoms with E-state index in [-0.39, 0.29) is 24.0 Å². The molecule has 1 aromatic carbocycles. The maximum absolute atomic E-state index is 13.5. The Hall–Kier alpha value is -1.66. The summed E-state index contributed by atoms with van der Waals surface area (Å²) in [5.41, 5.74) is 2.04. The SMILES string of the molecule is C[C@H]1COC2(CCN(C(=O)N[C@H]3CCc4ccc(F)cc43)CC2)O1. The molecule has 1 aromatic rings. The first-order valence-electron chi connectivity index (χ1n) is 8.70. The number of ether oxygens (including phenoxy) is 2. The number of halogens is 1. The smallest absolute Gasteiger partial charge is 0.317 e. The highest BCUT2D eigenvalue weighted by Gasteiger charge is 2.43. The third-order valence-corrected chi connectivity index (χ3v) is 5.29. The lowest BCUT2D eigenvalue weighted by atomic mass is 10.0. The van der Waals surface area contributed by atoms with Crippen LogP contribution in [0.4, 0.5) is 9.18 Å². The number of carbonyl (C=O) groups is 1. The first kappa shape index (κ1) is 15.8. The van der Waals surface area contributed by atoms with Crippen molar-refractivity contribution in [3.05, 3.63) is 35.1 Å². The van der Waals surface area contributed by atoms with Crippen molar-refractivity contribution in [1.82, 2.24) is 10.2 Å². The number of piperidine rings is 1. The van der Waals surface area contributed by atoms with Gasteiger partial charge in [0.1, 0.15) is 5.82 Å². The summed E-state index contributed by atoms with van der Waals surface area (Å²) in [6, 6.07) is 4.66. The maximum atomic E-state index is 13.5. The van der Waals surface area contributed by atoms with Crippen LogP contribution >= 0.6 is 0 Å². The van der Waals surface area contributed by atoms with Gasteiger partial charge in [0.2, 0.25) is 0 Å². The van der Waals surface area contributed by atoms with E-state index >= 15 is 0 Å². The lowest BCUT2D eigenvalue weighted by Gasteiger charge is -2.38. The molecule has 2 aliphatic heterocycles. The molecule has 2 fully saturated rings. The molecule has 4 rings (SSSR count). The van der Waals surface area contributed by atoms with E-state index in [4.69, 9.17) is 9.47 Å². The molecule has 0 unspecified atom stereocenters. The Morgan fingerprint density at radius 3 is 2.88 bits per heavy atom. The molecule has 24 heavy (non-hydrogen) atoms. The monoisotopic (exact) mass is 334 g/mol. The predicted octanol–water partition coefficient (Wildman–Crippen LogP) is 2.75. The molecule has 0 aromatic heterocycles. The Bertz CT molecular complexity index is 643. The van der Waals surface area contributed by atoms with Crippen molar-refractivity contribution in [2.75, 3.05) is 19.7 Å². The topological polar surface area (TPSA) is 50.8 Å². The Balaban J connectivity index is 1.36. The van der Waals surface area contributed by atoms with Gasteiger partial charge in [0.15, 0.2) is 5.79 Å². The van der Waals surface area contributed by atoms with Gasteiger partial charge in [-0.1, -0.05) is 6.07 Å². The van der Waals surface area contributed by atoms with Gasteiger partial charge >= 0.3 is 6.03 Å². The molecule has 0 bridgehead atoms. The van der Waals surface area contributed by atoms with Crippen LogP contribution in [0.5, 0.6) is 0 Å². The molecule has 2 amide bonds. The molecule has 0 saturated carbocycles. The molecule has 2 heterocycles. The van der Waals surface area contributed by atoms with Crippen LogP contribution in [0, 0.1) is 5.82 Å².